The third-order valence-electron chi connectivity index (χ3n) is 3.35. The van der Waals surface area contributed by atoms with Crippen molar-refractivity contribution in [1.29, 1.82) is 0 Å². The molecule has 0 unspecified atom stereocenters. The predicted molar refractivity (Wildman–Crippen MR) is 82.3 cm³/mol. The minimum Gasteiger partial charge on any atom is -0.494 e. The number of nitrogens with zero attached hydrogens (tertiary/aromatic N) is 1. The summed E-state index contributed by atoms with van der Waals surface area (Å²) in [6.07, 6.45) is 1.20. The number of halogens is 2. The molecule has 0 aliphatic carbocycles. The second-order valence-corrected chi connectivity index (χ2v) is 5.29. The molecule has 1 atom stereocenters. The van der Waals surface area contributed by atoms with Gasteiger partial charge in [-0.2, -0.15) is 0 Å². The van der Waals surface area contributed by atoms with Crippen LogP contribution in [-0.2, 0) is 6.54 Å². The summed E-state index contributed by atoms with van der Waals surface area (Å²) in [4.78, 5) is 2.43. The fraction of sp³-hybridized carbons (Fsp3) is 0.571. The Hall–Kier alpha value is -0.480. The van der Waals surface area contributed by atoms with Gasteiger partial charge in [0.25, 0.3) is 0 Å². The molecule has 1 aromatic carbocycles. The lowest BCUT2D eigenvalue weighted by Crippen LogP contribution is -2.22. The van der Waals surface area contributed by atoms with Crippen LogP contribution >= 0.6 is 24.0 Å². The van der Waals surface area contributed by atoms with E-state index in [0.29, 0.717) is 12.5 Å². The lowest BCUT2D eigenvalue weighted by molar-refractivity contribution is 0.314. The van der Waals surface area contributed by atoms with Crippen LogP contribution in [0.2, 0.25) is 5.02 Å². The summed E-state index contributed by atoms with van der Waals surface area (Å²) >= 11 is 6.11. The van der Waals surface area contributed by atoms with Gasteiger partial charge in [-0.3, -0.25) is 4.90 Å². The van der Waals surface area contributed by atoms with Gasteiger partial charge in [-0.25, -0.2) is 0 Å². The van der Waals surface area contributed by atoms with Gasteiger partial charge in [-0.15, -0.1) is 12.4 Å². The SMILES string of the molecule is CCOc1cc(Cl)cc(CN2CC[C@@H](CN)C2)c1.Cl. The largest absolute Gasteiger partial charge is 0.494 e. The molecule has 0 radical (unpaired) electrons. The smallest absolute Gasteiger partial charge is 0.121 e. The molecule has 1 aliphatic rings. The van der Waals surface area contributed by atoms with Crippen LogP contribution in [-0.4, -0.2) is 31.1 Å². The first-order chi connectivity index (χ1) is 8.71. The average molecular weight is 305 g/mol. The molecule has 0 saturated carbocycles. The van der Waals surface area contributed by atoms with Gasteiger partial charge in [-0.1, -0.05) is 11.6 Å². The van der Waals surface area contributed by atoms with E-state index in [0.717, 1.165) is 37.0 Å². The van der Waals surface area contributed by atoms with E-state index in [4.69, 9.17) is 22.1 Å². The highest BCUT2D eigenvalue weighted by atomic mass is 35.5. The van der Waals surface area contributed by atoms with Crippen LogP contribution < -0.4 is 10.5 Å². The zero-order chi connectivity index (χ0) is 13.0. The molecule has 0 spiro atoms. The van der Waals surface area contributed by atoms with E-state index < -0.39 is 0 Å². The van der Waals surface area contributed by atoms with Crippen LogP contribution in [0.1, 0.15) is 18.9 Å². The number of hydrogen-bond acceptors (Lipinski definition) is 3. The maximum Gasteiger partial charge on any atom is 0.121 e. The monoisotopic (exact) mass is 304 g/mol. The summed E-state index contributed by atoms with van der Waals surface area (Å²) in [6, 6.07) is 5.95. The van der Waals surface area contributed by atoms with Crippen molar-refractivity contribution in [3.8, 4) is 5.75 Å². The molecule has 0 aromatic heterocycles. The van der Waals surface area contributed by atoms with Gasteiger partial charge in [0.15, 0.2) is 0 Å². The Labute approximate surface area is 126 Å². The van der Waals surface area contributed by atoms with Crippen molar-refractivity contribution < 1.29 is 4.74 Å². The second-order valence-electron chi connectivity index (χ2n) is 4.85. The molecule has 108 valence electrons. The van der Waals surface area contributed by atoms with Crippen LogP contribution in [0.5, 0.6) is 5.75 Å². The molecule has 2 rings (SSSR count). The van der Waals surface area contributed by atoms with E-state index in [-0.39, 0.29) is 12.4 Å². The van der Waals surface area contributed by atoms with Crippen molar-refractivity contribution >= 4 is 24.0 Å². The van der Waals surface area contributed by atoms with Crippen molar-refractivity contribution in [1.82, 2.24) is 4.90 Å². The molecular formula is C14H22Cl2N2O. The normalized spacial score (nSPS) is 19.2. The fourth-order valence-electron chi connectivity index (χ4n) is 2.47. The van der Waals surface area contributed by atoms with E-state index in [1.165, 1.54) is 12.0 Å². The Balaban J connectivity index is 0.00000180. The first kappa shape index (κ1) is 16.6. The van der Waals surface area contributed by atoms with Gasteiger partial charge in [0.1, 0.15) is 5.75 Å². The highest BCUT2D eigenvalue weighted by Gasteiger charge is 2.21. The second kappa shape index (κ2) is 7.95. The van der Waals surface area contributed by atoms with Gasteiger partial charge in [-0.05, 0) is 56.1 Å². The summed E-state index contributed by atoms with van der Waals surface area (Å²) in [5, 5.41) is 0.741. The Morgan fingerprint density at radius 3 is 2.84 bits per heavy atom. The van der Waals surface area contributed by atoms with Crippen molar-refractivity contribution in [3.05, 3.63) is 28.8 Å². The topological polar surface area (TPSA) is 38.5 Å². The third kappa shape index (κ3) is 4.84. The van der Waals surface area contributed by atoms with Crippen molar-refractivity contribution in [2.45, 2.75) is 19.9 Å². The van der Waals surface area contributed by atoms with Crippen molar-refractivity contribution in [2.24, 2.45) is 11.7 Å². The number of nitrogens with two attached hydrogens (primary N) is 1. The van der Waals surface area contributed by atoms with E-state index >= 15 is 0 Å². The summed E-state index contributed by atoms with van der Waals surface area (Å²) < 4.78 is 5.51. The van der Waals surface area contributed by atoms with E-state index in [1.807, 2.05) is 19.1 Å². The Morgan fingerprint density at radius 1 is 1.42 bits per heavy atom. The van der Waals surface area contributed by atoms with Crippen molar-refractivity contribution in [3.63, 3.8) is 0 Å². The van der Waals surface area contributed by atoms with Gasteiger partial charge < -0.3 is 10.5 Å². The van der Waals surface area contributed by atoms with Gasteiger partial charge in [0.2, 0.25) is 0 Å². The van der Waals surface area contributed by atoms with Crippen LogP contribution in [0.25, 0.3) is 0 Å². The summed E-state index contributed by atoms with van der Waals surface area (Å²) in [7, 11) is 0. The molecule has 1 aliphatic heterocycles. The molecule has 1 heterocycles. The maximum atomic E-state index is 6.11. The highest BCUT2D eigenvalue weighted by molar-refractivity contribution is 6.30. The number of likely N-dealkylation sites (tertiary alicyclic amines) is 1. The number of rotatable bonds is 5. The quantitative estimate of drug-likeness (QED) is 0.909. The molecule has 5 heteroatoms. The zero-order valence-corrected chi connectivity index (χ0v) is 12.8. The van der Waals surface area contributed by atoms with Gasteiger partial charge in [0.05, 0.1) is 6.61 Å². The first-order valence-corrected chi connectivity index (χ1v) is 6.93. The maximum absolute atomic E-state index is 6.11. The Kier molecular flexibility index (Phi) is 6.94. The number of benzene rings is 1. The lowest BCUT2D eigenvalue weighted by Gasteiger charge is -2.16. The van der Waals surface area contributed by atoms with Crippen LogP contribution in [0.3, 0.4) is 0 Å². The van der Waals surface area contributed by atoms with Gasteiger partial charge in [0, 0.05) is 18.1 Å². The summed E-state index contributed by atoms with van der Waals surface area (Å²) in [5.74, 6) is 1.50. The molecule has 1 saturated heterocycles. The molecule has 0 amide bonds. The van der Waals surface area contributed by atoms with E-state index in [9.17, 15) is 0 Å². The fourth-order valence-corrected chi connectivity index (χ4v) is 2.72. The summed E-state index contributed by atoms with van der Waals surface area (Å²) in [6.45, 7) is 6.57. The lowest BCUT2D eigenvalue weighted by atomic mass is 10.1. The standard InChI is InChI=1S/C14H21ClN2O.ClH/c1-2-18-14-6-12(5-13(15)7-14)10-17-4-3-11(8-16)9-17;/h5-7,11H,2-4,8-10,16H2,1H3;1H/t11-;/m0./s1. The van der Waals surface area contributed by atoms with Crippen LogP contribution in [0.15, 0.2) is 18.2 Å². The highest BCUT2D eigenvalue weighted by Crippen LogP contribution is 2.24. The molecule has 3 nitrogen and oxygen atoms in total. The molecule has 1 aromatic rings. The Bertz CT molecular complexity index is 401. The predicted octanol–water partition coefficient (Wildman–Crippen LogP) is 2.94. The minimum atomic E-state index is 0. The zero-order valence-electron chi connectivity index (χ0n) is 11.3. The van der Waals surface area contributed by atoms with Crippen LogP contribution in [0.4, 0.5) is 0 Å². The van der Waals surface area contributed by atoms with Gasteiger partial charge >= 0.3 is 0 Å². The molecule has 0 bridgehead atoms. The molecular weight excluding hydrogens is 283 g/mol. The number of ether oxygens (including phenoxy) is 1. The first-order valence-electron chi connectivity index (χ1n) is 6.56. The van der Waals surface area contributed by atoms with E-state index in [1.54, 1.807) is 0 Å². The summed E-state index contributed by atoms with van der Waals surface area (Å²) in [5.41, 5.74) is 6.92. The Morgan fingerprint density at radius 2 is 2.21 bits per heavy atom. The molecule has 19 heavy (non-hydrogen) atoms. The molecule has 2 N–H and O–H groups in total. The third-order valence-corrected chi connectivity index (χ3v) is 3.57. The number of hydrogen-bond donors (Lipinski definition) is 1. The van der Waals surface area contributed by atoms with Crippen molar-refractivity contribution in [2.75, 3.05) is 26.2 Å². The minimum absolute atomic E-state index is 0. The van der Waals surface area contributed by atoms with E-state index in [2.05, 4.69) is 11.0 Å². The van der Waals surface area contributed by atoms with Crippen LogP contribution in [0, 0.1) is 5.92 Å². The molecule has 1 fully saturated rings. The average Bonchev–Trinajstić information content (AvgIpc) is 2.76.